The first-order valence-corrected chi connectivity index (χ1v) is 11.9. The smallest absolute Gasteiger partial charge is 0.275 e. The van der Waals surface area contributed by atoms with Crippen molar-refractivity contribution in [2.45, 2.75) is 36.6 Å². The molecule has 0 atom stereocenters. The van der Waals surface area contributed by atoms with Crippen molar-refractivity contribution in [1.29, 1.82) is 0 Å². The molecule has 1 amide bonds. The van der Waals surface area contributed by atoms with E-state index >= 15 is 0 Å². The van der Waals surface area contributed by atoms with Crippen LogP contribution in [0.2, 0.25) is 0 Å². The predicted molar refractivity (Wildman–Crippen MR) is 128 cm³/mol. The van der Waals surface area contributed by atoms with Gasteiger partial charge in [0.1, 0.15) is 5.52 Å². The fraction of sp³-hybridized carbons (Fsp3) is 0.280. The zero-order valence-electron chi connectivity index (χ0n) is 17.7. The highest BCUT2D eigenvalue weighted by Gasteiger charge is 2.25. The molecule has 2 heterocycles. The minimum atomic E-state index is -0.189. The average Bonchev–Trinajstić information content (AvgIpc) is 3.42. The van der Waals surface area contributed by atoms with Crippen LogP contribution < -0.4 is 10.9 Å². The Bertz CT molecular complexity index is 1360. The molecule has 5 nitrogen and oxygen atoms in total. The van der Waals surface area contributed by atoms with Gasteiger partial charge in [0.05, 0.1) is 5.56 Å². The fourth-order valence-corrected chi connectivity index (χ4v) is 5.29. The van der Waals surface area contributed by atoms with E-state index in [1.54, 1.807) is 22.5 Å². The highest BCUT2D eigenvalue weighted by atomic mass is 32.2. The van der Waals surface area contributed by atoms with Gasteiger partial charge in [-0.05, 0) is 43.4 Å². The number of pyridine rings is 1. The number of amides is 1. The number of benzene rings is 2. The minimum Gasteiger partial charge on any atom is -0.339 e. The number of nitrogens with zero attached hydrogens (tertiary/aromatic N) is 2. The van der Waals surface area contributed by atoms with Crippen LogP contribution in [0.5, 0.6) is 0 Å². The molecule has 2 aromatic carbocycles. The van der Waals surface area contributed by atoms with Gasteiger partial charge in [0.25, 0.3) is 11.5 Å². The summed E-state index contributed by atoms with van der Waals surface area (Å²) < 4.78 is 3.74. The molecule has 0 aliphatic heterocycles. The number of aryl methyl sites for hydroxylation is 1. The van der Waals surface area contributed by atoms with Gasteiger partial charge in [0.15, 0.2) is 0 Å². The quantitative estimate of drug-likeness (QED) is 0.429. The first-order valence-electron chi connectivity index (χ1n) is 10.7. The predicted octanol–water partition coefficient (Wildman–Crippen LogP) is 5.58. The fourth-order valence-electron chi connectivity index (χ4n) is 4.83. The molecule has 6 heteroatoms. The number of hydrogen-bond acceptors (Lipinski definition) is 3. The largest absolute Gasteiger partial charge is 0.339 e. The molecule has 1 aliphatic rings. The second kappa shape index (κ2) is 7.93. The Hall–Kier alpha value is -2.99. The van der Waals surface area contributed by atoms with Gasteiger partial charge in [-0.25, -0.2) is 0 Å². The normalized spacial score (nSPS) is 14.5. The number of hydrogen-bond donors (Lipinski definition) is 1. The first kappa shape index (κ1) is 19.9. The lowest BCUT2D eigenvalue weighted by Gasteiger charge is -2.17. The van der Waals surface area contributed by atoms with Gasteiger partial charge in [0, 0.05) is 46.2 Å². The maximum Gasteiger partial charge on any atom is 0.275 e. The third kappa shape index (κ3) is 3.35. The average molecular weight is 432 g/mol. The minimum absolute atomic E-state index is 0.0125. The zero-order valence-corrected chi connectivity index (χ0v) is 18.5. The number of para-hydroxylation sites is 1. The number of anilines is 1. The molecule has 0 saturated heterocycles. The van der Waals surface area contributed by atoms with E-state index in [-0.39, 0.29) is 17.5 Å². The van der Waals surface area contributed by atoms with Crippen LogP contribution in [0.25, 0.3) is 21.8 Å². The summed E-state index contributed by atoms with van der Waals surface area (Å²) in [4.78, 5) is 28.1. The van der Waals surface area contributed by atoms with Gasteiger partial charge in [-0.15, -0.1) is 11.8 Å². The van der Waals surface area contributed by atoms with Crippen molar-refractivity contribution in [3.8, 4) is 0 Å². The van der Waals surface area contributed by atoms with Gasteiger partial charge < -0.3 is 14.5 Å². The SMILES string of the molecule is CSc1cccc(NC(=O)c2cn(C3CCCC3)c(=O)c3c2c2ccccc2n3C)c1. The standard InChI is InChI=1S/C25H25N3O2S/c1-27-21-13-6-5-12-19(21)22-20(24(29)26-16-8-7-11-18(14-16)31-2)15-28(25(30)23(22)27)17-9-3-4-10-17/h5-8,11-15,17H,3-4,9-10H2,1-2H3,(H,26,29). The summed E-state index contributed by atoms with van der Waals surface area (Å²) in [6, 6.07) is 15.9. The van der Waals surface area contributed by atoms with Crippen molar-refractivity contribution >= 4 is 45.2 Å². The molecule has 1 N–H and O–H groups in total. The number of rotatable bonds is 4. The van der Waals surface area contributed by atoms with E-state index in [1.807, 2.05) is 66.4 Å². The molecule has 0 unspecified atom stereocenters. The number of thioether (sulfide) groups is 1. The molecule has 1 saturated carbocycles. The lowest BCUT2D eigenvalue weighted by atomic mass is 10.1. The molecule has 158 valence electrons. The zero-order chi connectivity index (χ0) is 21.5. The summed E-state index contributed by atoms with van der Waals surface area (Å²) in [6.07, 6.45) is 8.00. The summed E-state index contributed by atoms with van der Waals surface area (Å²) in [6.45, 7) is 0. The van der Waals surface area contributed by atoms with Crippen LogP contribution in [0.1, 0.15) is 42.1 Å². The number of fused-ring (bicyclic) bond motifs is 3. The summed E-state index contributed by atoms with van der Waals surface area (Å²) in [5.74, 6) is -0.189. The van der Waals surface area contributed by atoms with Crippen molar-refractivity contribution in [3.63, 3.8) is 0 Å². The summed E-state index contributed by atoms with van der Waals surface area (Å²) in [5, 5.41) is 4.72. The van der Waals surface area contributed by atoms with Crippen molar-refractivity contribution in [1.82, 2.24) is 9.13 Å². The third-order valence-corrected chi connectivity index (χ3v) is 7.10. The number of carbonyl (C=O) groups is 1. The highest BCUT2D eigenvalue weighted by molar-refractivity contribution is 7.98. The number of carbonyl (C=O) groups excluding carboxylic acids is 1. The Morgan fingerprint density at radius 2 is 1.87 bits per heavy atom. The monoisotopic (exact) mass is 431 g/mol. The van der Waals surface area contributed by atoms with Crippen LogP contribution in [-0.2, 0) is 7.05 Å². The number of aromatic nitrogens is 2. The van der Waals surface area contributed by atoms with Crippen LogP contribution in [0.15, 0.2) is 64.4 Å². The molecule has 0 radical (unpaired) electrons. The Morgan fingerprint density at radius 3 is 2.65 bits per heavy atom. The molecule has 5 rings (SSSR count). The van der Waals surface area contributed by atoms with Gasteiger partial charge in [0.2, 0.25) is 0 Å². The summed E-state index contributed by atoms with van der Waals surface area (Å²) >= 11 is 1.63. The van der Waals surface area contributed by atoms with Crippen molar-refractivity contribution in [3.05, 3.63) is 70.6 Å². The van der Waals surface area contributed by atoms with Crippen LogP contribution in [-0.4, -0.2) is 21.3 Å². The Labute approximate surface area is 185 Å². The maximum atomic E-state index is 13.5. The molecular weight excluding hydrogens is 406 g/mol. The van der Waals surface area contributed by atoms with E-state index in [0.717, 1.165) is 52.6 Å². The van der Waals surface area contributed by atoms with E-state index in [2.05, 4.69) is 5.32 Å². The Kier molecular flexibility index (Phi) is 5.10. The topological polar surface area (TPSA) is 56.0 Å². The molecule has 1 fully saturated rings. The van der Waals surface area contributed by atoms with Crippen LogP contribution in [0.4, 0.5) is 5.69 Å². The van der Waals surface area contributed by atoms with E-state index in [4.69, 9.17) is 0 Å². The van der Waals surface area contributed by atoms with Crippen molar-refractivity contribution in [2.75, 3.05) is 11.6 Å². The molecule has 2 aromatic heterocycles. The molecule has 0 spiro atoms. The molecule has 0 bridgehead atoms. The van der Waals surface area contributed by atoms with Crippen LogP contribution in [0.3, 0.4) is 0 Å². The lowest BCUT2D eigenvalue weighted by Crippen LogP contribution is -2.27. The second-order valence-corrected chi connectivity index (χ2v) is 9.06. The second-order valence-electron chi connectivity index (χ2n) is 8.18. The van der Waals surface area contributed by atoms with Gasteiger partial charge in [-0.1, -0.05) is 37.1 Å². The maximum absolute atomic E-state index is 13.5. The summed E-state index contributed by atoms with van der Waals surface area (Å²) in [5.41, 5.74) is 2.84. The van der Waals surface area contributed by atoms with Gasteiger partial charge in [-0.2, -0.15) is 0 Å². The van der Waals surface area contributed by atoms with E-state index in [9.17, 15) is 9.59 Å². The number of nitrogens with one attached hydrogen (secondary N) is 1. The van der Waals surface area contributed by atoms with E-state index in [1.165, 1.54) is 0 Å². The van der Waals surface area contributed by atoms with Crippen molar-refractivity contribution < 1.29 is 4.79 Å². The van der Waals surface area contributed by atoms with Crippen LogP contribution in [0, 0.1) is 0 Å². The van der Waals surface area contributed by atoms with Gasteiger partial charge >= 0.3 is 0 Å². The molecule has 31 heavy (non-hydrogen) atoms. The van der Waals surface area contributed by atoms with Crippen LogP contribution >= 0.6 is 11.8 Å². The lowest BCUT2D eigenvalue weighted by molar-refractivity contribution is 0.102. The highest BCUT2D eigenvalue weighted by Crippen LogP contribution is 2.33. The first-order chi connectivity index (χ1) is 15.1. The Balaban J connectivity index is 1.73. The summed E-state index contributed by atoms with van der Waals surface area (Å²) in [7, 11) is 1.91. The molecule has 1 aliphatic carbocycles. The van der Waals surface area contributed by atoms with E-state index < -0.39 is 0 Å². The molecule has 4 aromatic rings. The third-order valence-electron chi connectivity index (χ3n) is 6.37. The Morgan fingerprint density at radius 1 is 1.10 bits per heavy atom. The molecular formula is C25H25N3O2S. The van der Waals surface area contributed by atoms with Crippen molar-refractivity contribution in [2.24, 2.45) is 7.05 Å². The van der Waals surface area contributed by atoms with Gasteiger partial charge in [-0.3, -0.25) is 9.59 Å². The van der Waals surface area contributed by atoms with E-state index in [0.29, 0.717) is 11.1 Å².